The average Bonchev–Trinajstić information content (AvgIpc) is 3.02. The highest BCUT2D eigenvalue weighted by Crippen LogP contribution is 2.18. The maximum Gasteiger partial charge on any atom is 0.240 e. The molecule has 9 heteroatoms. The number of rotatable bonds is 4. The summed E-state index contributed by atoms with van der Waals surface area (Å²) >= 11 is 5.21. The zero-order valence-electron chi connectivity index (χ0n) is 13.2. The van der Waals surface area contributed by atoms with Crippen LogP contribution in [0.2, 0.25) is 0 Å². The van der Waals surface area contributed by atoms with Crippen LogP contribution in [-0.4, -0.2) is 46.6 Å². The van der Waals surface area contributed by atoms with Gasteiger partial charge in [0.25, 0.3) is 0 Å². The van der Waals surface area contributed by atoms with E-state index in [0.29, 0.717) is 17.0 Å². The highest BCUT2D eigenvalue weighted by molar-refractivity contribution is 7.91. The Morgan fingerprint density at radius 1 is 1.50 bits per heavy atom. The molecule has 1 amide bonds. The molecule has 2 heterocycles. The van der Waals surface area contributed by atoms with Crippen molar-refractivity contribution >= 4 is 28.0 Å². The number of sulfone groups is 1. The number of nitrogens with one attached hydrogen (secondary N) is 2. The van der Waals surface area contributed by atoms with Crippen LogP contribution in [0.15, 0.2) is 24.3 Å². The zero-order chi connectivity index (χ0) is 17.3. The average molecular weight is 366 g/mol. The van der Waals surface area contributed by atoms with Crippen LogP contribution in [-0.2, 0) is 21.2 Å². The minimum atomic E-state index is -3.03. The van der Waals surface area contributed by atoms with E-state index in [-0.39, 0.29) is 30.0 Å². The van der Waals surface area contributed by atoms with E-state index in [2.05, 4.69) is 15.5 Å². The maximum absolute atomic E-state index is 12.3. The van der Waals surface area contributed by atoms with Crippen LogP contribution in [0, 0.1) is 11.7 Å². The van der Waals surface area contributed by atoms with Crippen molar-refractivity contribution < 1.29 is 13.2 Å². The summed E-state index contributed by atoms with van der Waals surface area (Å²) in [4.78, 5) is 12.3. The van der Waals surface area contributed by atoms with Crippen molar-refractivity contribution in [1.82, 2.24) is 20.1 Å². The summed E-state index contributed by atoms with van der Waals surface area (Å²) < 4.78 is 24.9. The molecule has 128 valence electrons. The van der Waals surface area contributed by atoms with Crippen molar-refractivity contribution in [3.05, 3.63) is 34.6 Å². The van der Waals surface area contributed by atoms with Gasteiger partial charge in [-0.15, -0.1) is 0 Å². The van der Waals surface area contributed by atoms with Gasteiger partial charge >= 0.3 is 0 Å². The zero-order valence-corrected chi connectivity index (χ0v) is 14.8. The number of H-pyrrole nitrogens is 1. The Bertz CT molecular complexity index is 930. The Hall–Kier alpha value is -2.00. The van der Waals surface area contributed by atoms with Crippen LogP contribution in [0.5, 0.6) is 0 Å². The molecule has 0 radical (unpaired) electrons. The minimum Gasteiger partial charge on any atom is -0.351 e. The Kier molecular flexibility index (Phi) is 4.55. The predicted molar refractivity (Wildman–Crippen MR) is 92.8 cm³/mol. The van der Waals surface area contributed by atoms with E-state index in [1.165, 1.54) is 0 Å². The van der Waals surface area contributed by atoms with E-state index in [9.17, 15) is 13.2 Å². The third kappa shape index (κ3) is 3.73. The second-order valence-electron chi connectivity index (χ2n) is 5.98. The molecule has 0 bridgehead atoms. The SMILES string of the molecule is Cc1cccc(-c2n[nH]c(=S)n2CC(=O)NC2CCS(=O)(=O)C2)c1. The number of aromatic nitrogens is 3. The van der Waals surface area contributed by atoms with Gasteiger partial charge in [0.15, 0.2) is 20.4 Å². The largest absolute Gasteiger partial charge is 0.351 e. The van der Waals surface area contributed by atoms with Crippen molar-refractivity contribution in [2.75, 3.05) is 11.5 Å². The van der Waals surface area contributed by atoms with Crippen molar-refractivity contribution in [2.45, 2.75) is 25.9 Å². The smallest absolute Gasteiger partial charge is 0.240 e. The summed E-state index contributed by atoms with van der Waals surface area (Å²) in [5.41, 5.74) is 1.94. The van der Waals surface area contributed by atoms with E-state index >= 15 is 0 Å². The molecule has 2 N–H and O–H groups in total. The highest BCUT2D eigenvalue weighted by atomic mass is 32.2. The monoisotopic (exact) mass is 366 g/mol. The predicted octanol–water partition coefficient (Wildman–Crippen LogP) is 1.22. The fourth-order valence-corrected chi connectivity index (χ4v) is 4.66. The Labute approximate surface area is 145 Å². The molecule has 1 fully saturated rings. The second kappa shape index (κ2) is 6.48. The molecule has 1 atom stereocenters. The number of benzene rings is 1. The maximum atomic E-state index is 12.3. The number of hydrogen-bond donors (Lipinski definition) is 2. The first kappa shape index (κ1) is 16.8. The van der Waals surface area contributed by atoms with Crippen LogP contribution in [0.25, 0.3) is 11.4 Å². The molecular weight excluding hydrogens is 348 g/mol. The van der Waals surface area contributed by atoms with Crippen molar-refractivity contribution in [3.63, 3.8) is 0 Å². The van der Waals surface area contributed by atoms with Gasteiger partial charge in [-0.2, -0.15) is 5.10 Å². The molecule has 7 nitrogen and oxygen atoms in total. The summed E-state index contributed by atoms with van der Waals surface area (Å²) in [5, 5.41) is 9.68. The Morgan fingerprint density at radius 3 is 2.96 bits per heavy atom. The van der Waals surface area contributed by atoms with Gasteiger partial charge in [0.1, 0.15) is 6.54 Å². The lowest BCUT2D eigenvalue weighted by Gasteiger charge is -2.12. The normalized spacial score (nSPS) is 19.3. The van der Waals surface area contributed by atoms with E-state index in [0.717, 1.165) is 11.1 Å². The van der Waals surface area contributed by atoms with E-state index in [1.807, 2.05) is 31.2 Å². The molecular formula is C15H18N4O3S2. The number of aromatic amines is 1. The summed E-state index contributed by atoms with van der Waals surface area (Å²) in [5.74, 6) is 0.430. The molecule has 1 unspecified atom stereocenters. The van der Waals surface area contributed by atoms with E-state index < -0.39 is 9.84 Å². The summed E-state index contributed by atoms with van der Waals surface area (Å²) in [6.45, 7) is 1.97. The number of hydrogen-bond acceptors (Lipinski definition) is 5. The summed E-state index contributed by atoms with van der Waals surface area (Å²) in [6, 6.07) is 7.42. The molecule has 1 aromatic heterocycles. The first-order valence-corrected chi connectivity index (χ1v) is 9.79. The molecule has 1 saturated heterocycles. The van der Waals surface area contributed by atoms with Gasteiger partial charge in [-0.1, -0.05) is 23.8 Å². The quantitative estimate of drug-likeness (QED) is 0.793. The van der Waals surface area contributed by atoms with Crippen molar-refractivity contribution in [1.29, 1.82) is 0 Å². The lowest BCUT2D eigenvalue weighted by Crippen LogP contribution is -2.37. The molecule has 0 saturated carbocycles. The van der Waals surface area contributed by atoms with E-state index in [1.54, 1.807) is 4.57 Å². The summed E-state index contributed by atoms with van der Waals surface area (Å²) in [7, 11) is -3.03. The topological polar surface area (TPSA) is 96.8 Å². The number of carbonyl (C=O) groups is 1. The lowest BCUT2D eigenvalue weighted by atomic mass is 10.1. The van der Waals surface area contributed by atoms with Crippen LogP contribution in [0.1, 0.15) is 12.0 Å². The number of carbonyl (C=O) groups excluding carboxylic acids is 1. The molecule has 2 aromatic rings. The van der Waals surface area contributed by atoms with Gasteiger partial charge < -0.3 is 5.32 Å². The second-order valence-corrected chi connectivity index (χ2v) is 8.59. The highest BCUT2D eigenvalue weighted by Gasteiger charge is 2.29. The van der Waals surface area contributed by atoms with Crippen LogP contribution in [0.4, 0.5) is 0 Å². The van der Waals surface area contributed by atoms with Gasteiger partial charge in [-0.05, 0) is 31.6 Å². The molecule has 24 heavy (non-hydrogen) atoms. The van der Waals surface area contributed by atoms with Gasteiger partial charge in [0.2, 0.25) is 5.91 Å². The molecule has 0 aliphatic carbocycles. The molecule has 1 aliphatic heterocycles. The number of nitrogens with zero attached hydrogens (tertiary/aromatic N) is 2. The van der Waals surface area contributed by atoms with Crippen LogP contribution in [0.3, 0.4) is 0 Å². The van der Waals surface area contributed by atoms with Gasteiger partial charge in [0.05, 0.1) is 11.5 Å². The molecule has 1 aromatic carbocycles. The first-order valence-electron chi connectivity index (χ1n) is 7.56. The number of amides is 1. The standard InChI is InChI=1S/C15H18N4O3S2/c1-10-3-2-4-11(7-10)14-17-18-15(23)19(14)8-13(20)16-12-5-6-24(21,22)9-12/h2-4,7,12H,5-6,8-9H2,1H3,(H,16,20)(H,18,23). The van der Waals surface area contributed by atoms with Crippen LogP contribution < -0.4 is 5.32 Å². The third-order valence-electron chi connectivity index (χ3n) is 3.93. The first-order chi connectivity index (χ1) is 11.3. The fraction of sp³-hybridized carbons (Fsp3) is 0.400. The minimum absolute atomic E-state index is 0.000261. The van der Waals surface area contributed by atoms with Crippen molar-refractivity contribution in [2.24, 2.45) is 0 Å². The third-order valence-corrected chi connectivity index (χ3v) is 6.01. The molecule has 3 rings (SSSR count). The van der Waals surface area contributed by atoms with Crippen molar-refractivity contribution in [3.8, 4) is 11.4 Å². The Balaban J connectivity index is 1.77. The van der Waals surface area contributed by atoms with Gasteiger partial charge in [-0.25, -0.2) is 8.42 Å². The molecule has 0 spiro atoms. The Morgan fingerprint density at radius 2 is 2.29 bits per heavy atom. The van der Waals surface area contributed by atoms with Crippen LogP contribution >= 0.6 is 12.2 Å². The van der Waals surface area contributed by atoms with Gasteiger partial charge in [0, 0.05) is 11.6 Å². The van der Waals surface area contributed by atoms with E-state index in [4.69, 9.17) is 12.2 Å². The fourth-order valence-electron chi connectivity index (χ4n) is 2.79. The molecule has 1 aliphatic rings. The number of aryl methyl sites for hydroxylation is 1. The summed E-state index contributed by atoms with van der Waals surface area (Å²) in [6.07, 6.45) is 0.454. The lowest BCUT2D eigenvalue weighted by molar-refractivity contribution is -0.122. The van der Waals surface area contributed by atoms with Gasteiger partial charge in [-0.3, -0.25) is 14.5 Å².